The smallest absolute Gasteiger partial charge is 0.253 e. The molecule has 2 rings (SSSR count). The first-order valence-electron chi connectivity index (χ1n) is 13.9. The van der Waals surface area contributed by atoms with Gasteiger partial charge in [-0.05, 0) is 61.3 Å². The zero-order chi connectivity index (χ0) is 28.1. The molecule has 0 saturated heterocycles. The molecule has 0 spiro atoms. The fraction of sp³-hybridized carbons (Fsp3) is 0.500. The van der Waals surface area contributed by atoms with Crippen LogP contribution in [0.3, 0.4) is 0 Å². The summed E-state index contributed by atoms with van der Waals surface area (Å²) >= 11 is 0. The molecule has 0 saturated carbocycles. The number of amides is 3. The monoisotopic (exact) mass is 520 g/mol. The summed E-state index contributed by atoms with van der Waals surface area (Å²) in [6, 6.07) is 17.6. The molecule has 0 aliphatic carbocycles. The molecule has 6 heteroatoms. The van der Waals surface area contributed by atoms with Crippen molar-refractivity contribution >= 4 is 17.7 Å². The summed E-state index contributed by atoms with van der Waals surface area (Å²) in [6.45, 7) is 14.4. The summed E-state index contributed by atoms with van der Waals surface area (Å²) in [6.07, 6.45) is 3.62. The van der Waals surface area contributed by atoms with Gasteiger partial charge in [-0.15, -0.1) is 0 Å². The van der Waals surface area contributed by atoms with Crippen LogP contribution in [0.5, 0.6) is 0 Å². The number of nitrogens with one attached hydrogen (secondary N) is 2. The topological polar surface area (TPSA) is 78.5 Å². The third-order valence-corrected chi connectivity index (χ3v) is 6.37. The van der Waals surface area contributed by atoms with Crippen LogP contribution >= 0.6 is 0 Å². The molecule has 0 bridgehead atoms. The molecule has 0 fully saturated rings. The molecular formula is C32H46N3O3. The van der Waals surface area contributed by atoms with Gasteiger partial charge in [0, 0.05) is 36.7 Å². The first-order valence-corrected chi connectivity index (χ1v) is 13.9. The van der Waals surface area contributed by atoms with Crippen LogP contribution in [0, 0.1) is 17.4 Å². The number of carbonyl (C=O) groups is 3. The number of hydrogen-bond donors (Lipinski definition) is 2. The summed E-state index contributed by atoms with van der Waals surface area (Å²) in [7, 11) is 0. The van der Waals surface area contributed by atoms with E-state index in [1.54, 1.807) is 24.3 Å². The highest BCUT2D eigenvalue weighted by Gasteiger charge is 2.23. The molecule has 38 heavy (non-hydrogen) atoms. The summed E-state index contributed by atoms with van der Waals surface area (Å²) in [5.41, 5.74) is 2.14. The van der Waals surface area contributed by atoms with Gasteiger partial charge in [0.1, 0.15) is 0 Å². The Balaban J connectivity index is 2.15. The minimum atomic E-state index is -0.293. The van der Waals surface area contributed by atoms with Crippen molar-refractivity contribution in [2.24, 2.45) is 11.3 Å². The van der Waals surface area contributed by atoms with E-state index in [0.717, 1.165) is 30.9 Å². The van der Waals surface area contributed by atoms with Crippen LogP contribution in [0.1, 0.15) is 93.5 Å². The third kappa shape index (κ3) is 10.7. The molecule has 0 heterocycles. The van der Waals surface area contributed by atoms with E-state index in [9.17, 15) is 14.4 Å². The van der Waals surface area contributed by atoms with Crippen LogP contribution in [0.2, 0.25) is 0 Å². The standard InChI is InChI=1S/C32H46N3O3/c1-7-19-35(20-8-2)31(38)27-16-12-15-26(23-27)30(37)34-28(22-25-13-10-9-11-14-25)21-24(3)29(36)33-18-17-32(4,5)6/h9-16,23-24H,7-8,17-22H2,1-6H3,(H,33,36)(H,34,37)/t24-/m1/s1. The fourth-order valence-corrected chi connectivity index (χ4v) is 4.27. The third-order valence-electron chi connectivity index (χ3n) is 6.37. The van der Waals surface area contributed by atoms with Gasteiger partial charge in [-0.3, -0.25) is 14.4 Å². The molecule has 1 radical (unpaired) electrons. The minimum Gasteiger partial charge on any atom is -0.356 e. The molecule has 1 atom stereocenters. The average molecular weight is 521 g/mol. The fourth-order valence-electron chi connectivity index (χ4n) is 4.27. The van der Waals surface area contributed by atoms with E-state index in [1.807, 2.05) is 42.2 Å². The highest BCUT2D eigenvalue weighted by atomic mass is 16.2. The van der Waals surface area contributed by atoms with Gasteiger partial charge in [-0.25, -0.2) is 0 Å². The maximum absolute atomic E-state index is 13.3. The summed E-state index contributed by atoms with van der Waals surface area (Å²) in [4.78, 5) is 41.0. The Kier molecular flexibility index (Phi) is 12.5. The van der Waals surface area contributed by atoms with Crippen LogP contribution in [-0.2, 0) is 11.2 Å². The summed E-state index contributed by atoms with van der Waals surface area (Å²) in [5, 5.41) is 6.10. The van der Waals surface area contributed by atoms with Crippen molar-refractivity contribution in [2.45, 2.75) is 73.6 Å². The highest BCUT2D eigenvalue weighted by molar-refractivity contribution is 6.00. The first-order chi connectivity index (χ1) is 18.0. The Morgan fingerprint density at radius 3 is 2.13 bits per heavy atom. The van der Waals surface area contributed by atoms with Gasteiger partial charge in [0.05, 0.1) is 6.04 Å². The molecular weight excluding hydrogens is 474 g/mol. The number of benzene rings is 2. The maximum atomic E-state index is 13.3. The van der Waals surface area contributed by atoms with Crippen LogP contribution in [0.4, 0.5) is 0 Å². The molecule has 2 aromatic rings. The van der Waals surface area contributed by atoms with E-state index in [1.165, 1.54) is 0 Å². The average Bonchev–Trinajstić information content (AvgIpc) is 2.88. The first kappa shape index (κ1) is 31.1. The lowest BCUT2D eigenvalue weighted by molar-refractivity contribution is -0.124. The Morgan fingerprint density at radius 2 is 1.53 bits per heavy atom. The van der Waals surface area contributed by atoms with Gasteiger partial charge < -0.3 is 15.5 Å². The minimum absolute atomic E-state index is 0.0198. The number of carbonyl (C=O) groups excluding carboxylic acids is 3. The van der Waals surface area contributed by atoms with Crippen LogP contribution in [0.15, 0.2) is 54.6 Å². The quantitative estimate of drug-likeness (QED) is 0.319. The van der Waals surface area contributed by atoms with Gasteiger partial charge in [0.25, 0.3) is 11.8 Å². The van der Waals surface area contributed by atoms with Gasteiger partial charge in [0.15, 0.2) is 0 Å². The van der Waals surface area contributed by atoms with Gasteiger partial charge >= 0.3 is 0 Å². The molecule has 207 valence electrons. The largest absolute Gasteiger partial charge is 0.356 e. The van der Waals surface area contributed by atoms with E-state index in [-0.39, 0.29) is 29.1 Å². The van der Waals surface area contributed by atoms with E-state index in [4.69, 9.17) is 0 Å². The van der Waals surface area contributed by atoms with E-state index in [2.05, 4.69) is 45.3 Å². The molecule has 2 aromatic carbocycles. The van der Waals surface area contributed by atoms with E-state index < -0.39 is 0 Å². The van der Waals surface area contributed by atoms with Crippen LogP contribution < -0.4 is 10.6 Å². The van der Waals surface area contributed by atoms with Crippen LogP contribution in [-0.4, -0.2) is 42.3 Å². The van der Waals surface area contributed by atoms with Crippen molar-refractivity contribution in [3.8, 4) is 0 Å². The Labute approximate surface area is 229 Å². The van der Waals surface area contributed by atoms with Crippen molar-refractivity contribution in [3.63, 3.8) is 0 Å². The second-order valence-corrected chi connectivity index (χ2v) is 11.3. The second-order valence-electron chi connectivity index (χ2n) is 11.3. The molecule has 0 aromatic heterocycles. The zero-order valence-corrected chi connectivity index (χ0v) is 24.1. The molecule has 6 nitrogen and oxygen atoms in total. The predicted octanol–water partition coefficient (Wildman–Crippen LogP) is 6.03. The lowest BCUT2D eigenvalue weighted by Crippen LogP contribution is -2.36. The number of rotatable bonds is 14. The SMILES string of the molecule is CCCN(CCC)C(=O)c1cccc(C(=O)N[C](Cc2ccccc2)C[C@@H](C)C(=O)NCCC(C)(C)C)c1. The van der Waals surface area contributed by atoms with Gasteiger partial charge in [-0.1, -0.05) is 77.9 Å². The maximum Gasteiger partial charge on any atom is 0.253 e. The molecule has 0 aliphatic rings. The number of nitrogens with zero attached hydrogens (tertiary/aromatic N) is 1. The van der Waals surface area contributed by atoms with Gasteiger partial charge in [-0.2, -0.15) is 0 Å². The van der Waals surface area contributed by atoms with E-state index in [0.29, 0.717) is 43.6 Å². The normalized spacial score (nSPS) is 12.2. The zero-order valence-electron chi connectivity index (χ0n) is 24.1. The summed E-state index contributed by atoms with van der Waals surface area (Å²) in [5.74, 6) is -0.645. The second kappa shape index (κ2) is 15.3. The van der Waals surface area contributed by atoms with Crippen molar-refractivity contribution < 1.29 is 14.4 Å². The van der Waals surface area contributed by atoms with Crippen LogP contribution in [0.25, 0.3) is 0 Å². The van der Waals surface area contributed by atoms with Crippen molar-refractivity contribution in [1.29, 1.82) is 0 Å². The molecule has 3 amide bonds. The Hall–Kier alpha value is -3.15. The lowest BCUT2D eigenvalue weighted by Gasteiger charge is -2.23. The van der Waals surface area contributed by atoms with Crippen molar-refractivity contribution in [2.75, 3.05) is 19.6 Å². The van der Waals surface area contributed by atoms with Crippen molar-refractivity contribution in [1.82, 2.24) is 15.5 Å². The lowest BCUT2D eigenvalue weighted by atomic mass is 9.92. The number of hydrogen-bond acceptors (Lipinski definition) is 3. The van der Waals surface area contributed by atoms with Gasteiger partial charge in [0.2, 0.25) is 5.91 Å². The molecule has 2 N–H and O–H groups in total. The Bertz CT molecular complexity index is 1020. The summed E-state index contributed by atoms with van der Waals surface area (Å²) < 4.78 is 0. The van der Waals surface area contributed by atoms with Crippen molar-refractivity contribution in [3.05, 3.63) is 77.3 Å². The highest BCUT2D eigenvalue weighted by Crippen LogP contribution is 2.20. The predicted molar refractivity (Wildman–Crippen MR) is 155 cm³/mol. The molecule has 0 unspecified atom stereocenters. The van der Waals surface area contributed by atoms with E-state index >= 15 is 0 Å². The Morgan fingerprint density at radius 1 is 0.895 bits per heavy atom. The molecule has 0 aliphatic heterocycles.